The van der Waals surface area contributed by atoms with Gasteiger partial charge in [-0.05, 0) is 52.8 Å². The lowest BCUT2D eigenvalue weighted by Gasteiger charge is -2.31. The van der Waals surface area contributed by atoms with Gasteiger partial charge in [0, 0.05) is 24.1 Å². The number of fused-ring (bicyclic) bond motifs is 1. The highest BCUT2D eigenvalue weighted by Gasteiger charge is 2.35. The summed E-state index contributed by atoms with van der Waals surface area (Å²) in [6.07, 6.45) is 1.56. The molecular weight excluding hydrogens is 476 g/mol. The maximum atomic E-state index is 12.7. The monoisotopic (exact) mass is 494 g/mol. The van der Waals surface area contributed by atoms with Crippen molar-refractivity contribution in [3.05, 3.63) is 81.8 Å². The number of hydrogen-bond donors (Lipinski definition) is 0. The molecule has 5 nitrogen and oxygen atoms in total. The van der Waals surface area contributed by atoms with Crippen LogP contribution in [-0.2, 0) is 16.2 Å². The van der Waals surface area contributed by atoms with E-state index in [4.69, 9.17) is 17.0 Å². The summed E-state index contributed by atoms with van der Waals surface area (Å²) in [4.78, 5) is 28.0. The number of ether oxygens (including phenoxy) is 1. The molecule has 0 aromatic heterocycles. The van der Waals surface area contributed by atoms with E-state index in [1.807, 2.05) is 42.5 Å². The number of rotatable bonds is 4. The third-order valence-electron chi connectivity index (χ3n) is 5.18. The molecule has 3 aromatic rings. The maximum Gasteiger partial charge on any atom is 0.265 e. The molecule has 1 heterocycles. The van der Waals surface area contributed by atoms with Crippen LogP contribution < -0.4 is 4.74 Å². The zero-order valence-electron chi connectivity index (χ0n) is 17.0. The van der Waals surface area contributed by atoms with Gasteiger partial charge in [0.15, 0.2) is 5.11 Å². The van der Waals surface area contributed by atoms with Crippen molar-refractivity contribution >= 4 is 61.9 Å². The second-order valence-electron chi connectivity index (χ2n) is 7.18. The van der Waals surface area contributed by atoms with Gasteiger partial charge < -0.3 is 4.74 Å². The molecule has 1 aliphatic heterocycles. The first-order chi connectivity index (χ1) is 14.9. The van der Waals surface area contributed by atoms with Gasteiger partial charge in [-0.25, -0.2) is 0 Å². The second-order valence-corrected chi connectivity index (χ2v) is 8.46. The van der Waals surface area contributed by atoms with Crippen LogP contribution in [0.5, 0.6) is 5.75 Å². The van der Waals surface area contributed by atoms with E-state index in [0.29, 0.717) is 17.9 Å². The molecule has 0 spiro atoms. The van der Waals surface area contributed by atoms with Crippen LogP contribution in [0.3, 0.4) is 0 Å². The smallest absolute Gasteiger partial charge is 0.265 e. The Morgan fingerprint density at radius 3 is 2.39 bits per heavy atom. The van der Waals surface area contributed by atoms with Crippen LogP contribution in [-0.4, -0.2) is 40.8 Å². The van der Waals surface area contributed by atoms with Crippen molar-refractivity contribution in [1.82, 2.24) is 9.80 Å². The molecule has 0 aliphatic carbocycles. The lowest BCUT2D eigenvalue weighted by molar-refractivity contribution is -0.132. The van der Waals surface area contributed by atoms with Crippen LogP contribution in [0.4, 0.5) is 0 Å². The topological polar surface area (TPSA) is 49.9 Å². The molecule has 0 unspecified atom stereocenters. The highest BCUT2D eigenvalue weighted by Crippen LogP contribution is 2.29. The Kier molecular flexibility index (Phi) is 5.89. The number of benzene rings is 3. The fourth-order valence-corrected chi connectivity index (χ4v) is 4.01. The molecule has 2 amide bonds. The summed E-state index contributed by atoms with van der Waals surface area (Å²) < 4.78 is 6.94. The summed E-state index contributed by atoms with van der Waals surface area (Å²) in [5, 5.41) is 2.44. The summed E-state index contributed by atoms with van der Waals surface area (Å²) >= 11 is 8.61. The van der Waals surface area contributed by atoms with Crippen molar-refractivity contribution in [2.24, 2.45) is 0 Å². The van der Waals surface area contributed by atoms with Crippen molar-refractivity contribution in [2.75, 3.05) is 14.1 Å². The van der Waals surface area contributed by atoms with E-state index in [2.05, 4.69) is 34.1 Å². The van der Waals surface area contributed by atoms with E-state index in [1.54, 1.807) is 20.2 Å². The summed E-state index contributed by atoms with van der Waals surface area (Å²) in [7, 11) is 3.11. The van der Waals surface area contributed by atoms with Crippen LogP contribution in [0.15, 0.2) is 70.7 Å². The van der Waals surface area contributed by atoms with Crippen molar-refractivity contribution < 1.29 is 14.3 Å². The Bertz CT molecular complexity index is 1220. The average Bonchev–Trinajstić information content (AvgIpc) is 2.78. The largest absolute Gasteiger partial charge is 0.488 e. The molecule has 156 valence electrons. The number of carbonyl (C=O) groups excluding carboxylic acids is 2. The molecule has 0 N–H and O–H groups in total. The third-order valence-corrected chi connectivity index (χ3v) is 6.22. The van der Waals surface area contributed by atoms with Crippen LogP contribution in [0, 0.1) is 0 Å². The van der Waals surface area contributed by atoms with Crippen molar-refractivity contribution in [3.8, 4) is 5.75 Å². The van der Waals surface area contributed by atoms with Gasteiger partial charge in [0.1, 0.15) is 17.9 Å². The lowest BCUT2D eigenvalue weighted by Crippen LogP contribution is -2.52. The van der Waals surface area contributed by atoms with Crippen molar-refractivity contribution in [3.63, 3.8) is 0 Å². The molecule has 7 heteroatoms. The molecule has 1 saturated heterocycles. The number of carbonyl (C=O) groups is 2. The van der Waals surface area contributed by atoms with Gasteiger partial charge in [0.2, 0.25) is 0 Å². The first kappa shape index (κ1) is 21.2. The molecule has 1 aliphatic rings. The number of hydrogen-bond acceptors (Lipinski definition) is 4. The highest BCUT2D eigenvalue weighted by atomic mass is 79.9. The molecule has 4 rings (SSSR count). The number of nitrogens with zero attached hydrogens (tertiary/aromatic N) is 2. The molecule has 1 fully saturated rings. The quantitative estimate of drug-likeness (QED) is 0.297. The first-order valence-corrected chi connectivity index (χ1v) is 10.8. The maximum absolute atomic E-state index is 12.7. The molecular formula is C24H19BrN2O3S. The third kappa shape index (κ3) is 4.11. The molecule has 0 radical (unpaired) electrons. The summed E-state index contributed by atoms with van der Waals surface area (Å²) in [6.45, 7) is 0.352. The highest BCUT2D eigenvalue weighted by molar-refractivity contribution is 9.10. The van der Waals surface area contributed by atoms with Crippen molar-refractivity contribution in [2.45, 2.75) is 6.61 Å². The van der Waals surface area contributed by atoms with Gasteiger partial charge in [0.05, 0.1) is 0 Å². The normalized spacial score (nSPS) is 14.4. The minimum Gasteiger partial charge on any atom is -0.488 e. The molecule has 0 bridgehead atoms. The second kappa shape index (κ2) is 8.61. The Balaban J connectivity index is 1.68. The number of thiocarbonyl (C=S) groups is 1. The zero-order chi connectivity index (χ0) is 22.1. The van der Waals surface area contributed by atoms with E-state index in [0.717, 1.165) is 20.8 Å². The average molecular weight is 495 g/mol. The van der Waals surface area contributed by atoms with Crippen LogP contribution in [0.25, 0.3) is 16.8 Å². The van der Waals surface area contributed by atoms with E-state index in [-0.39, 0.29) is 10.7 Å². The summed E-state index contributed by atoms with van der Waals surface area (Å²) in [5.74, 6) is -0.302. The van der Waals surface area contributed by atoms with E-state index in [1.165, 1.54) is 9.80 Å². The Morgan fingerprint density at radius 2 is 1.65 bits per heavy atom. The van der Waals surface area contributed by atoms with Gasteiger partial charge in [-0.3, -0.25) is 19.4 Å². The summed E-state index contributed by atoms with van der Waals surface area (Å²) in [6, 6.07) is 19.7. The lowest BCUT2D eigenvalue weighted by atomic mass is 10.0. The van der Waals surface area contributed by atoms with Crippen LogP contribution in [0.1, 0.15) is 11.1 Å². The Labute approximate surface area is 194 Å². The Hall–Kier alpha value is -3.03. The zero-order valence-corrected chi connectivity index (χ0v) is 19.4. The number of likely N-dealkylation sites (N-methyl/N-ethyl adjacent to an activating group) is 2. The molecule has 0 saturated carbocycles. The van der Waals surface area contributed by atoms with E-state index < -0.39 is 11.8 Å². The first-order valence-electron chi connectivity index (χ1n) is 9.57. The van der Waals surface area contributed by atoms with Crippen LogP contribution in [0.2, 0.25) is 0 Å². The number of amides is 2. The Morgan fingerprint density at radius 1 is 0.968 bits per heavy atom. The van der Waals surface area contributed by atoms with Gasteiger partial charge in [-0.2, -0.15) is 0 Å². The van der Waals surface area contributed by atoms with Gasteiger partial charge in [-0.1, -0.05) is 58.4 Å². The number of halogens is 1. The minimum atomic E-state index is -0.437. The van der Waals surface area contributed by atoms with Crippen LogP contribution >= 0.6 is 28.1 Å². The van der Waals surface area contributed by atoms with Gasteiger partial charge in [-0.15, -0.1) is 0 Å². The molecule has 0 atom stereocenters. The SMILES string of the molecule is CN1C(=O)C(=Cc2cc(Br)ccc2OCc2cccc3ccccc23)C(=O)N(C)C1=S. The van der Waals surface area contributed by atoms with Gasteiger partial charge in [0.25, 0.3) is 11.8 Å². The fraction of sp³-hybridized carbons (Fsp3) is 0.125. The van der Waals surface area contributed by atoms with Gasteiger partial charge >= 0.3 is 0 Å². The predicted molar refractivity (Wildman–Crippen MR) is 129 cm³/mol. The van der Waals surface area contributed by atoms with Crippen molar-refractivity contribution in [1.29, 1.82) is 0 Å². The van der Waals surface area contributed by atoms with E-state index >= 15 is 0 Å². The summed E-state index contributed by atoms with van der Waals surface area (Å²) in [5.41, 5.74) is 1.71. The molecule has 31 heavy (non-hydrogen) atoms. The molecule has 3 aromatic carbocycles. The fourth-order valence-electron chi connectivity index (χ4n) is 3.47. The predicted octanol–water partition coefficient (Wildman–Crippen LogP) is 4.78. The minimum absolute atomic E-state index is 0.0340. The van der Waals surface area contributed by atoms with E-state index in [9.17, 15) is 9.59 Å². The standard InChI is InChI=1S/C24H19BrN2O3S/c1-26-22(28)20(23(29)27(2)24(26)31)13-17-12-18(25)10-11-21(17)30-14-16-8-5-7-15-6-3-4-9-19(15)16/h3-13H,14H2,1-2H3.